The number of aromatic nitrogens is 4. The van der Waals surface area contributed by atoms with Crippen LogP contribution in [0.3, 0.4) is 0 Å². The molecular formula is C43H26N4OPt-2. The van der Waals surface area contributed by atoms with Gasteiger partial charge < -0.3 is 0 Å². The van der Waals surface area contributed by atoms with E-state index < -0.39 is 0 Å². The second-order valence-corrected chi connectivity index (χ2v) is 13.2. The van der Waals surface area contributed by atoms with Gasteiger partial charge in [-0.15, -0.1) is 0 Å². The number of para-hydroxylation sites is 2. The molecular weight excluding hydrogens is 784 g/mol. The third-order valence-corrected chi connectivity index (χ3v) is 10.8. The molecule has 0 saturated carbocycles. The van der Waals surface area contributed by atoms with Crippen LogP contribution in [-0.4, -0.2) is 18.5 Å². The van der Waals surface area contributed by atoms with E-state index in [1.165, 1.54) is 21.5 Å². The molecule has 49 heavy (non-hydrogen) atoms. The van der Waals surface area contributed by atoms with Crippen molar-refractivity contribution in [1.82, 2.24) is 18.5 Å². The van der Waals surface area contributed by atoms with Crippen LogP contribution in [0.4, 0.5) is 0 Å². The fourth-order valence-corrected chi connectivity index (χ4v) is 8.16. The van der Waals surface area contributed by atoms with E-state index in [1.54, 1.807) is 0 Å². The summed E-state index contributed by atoms with van der Waals surface area (Å²) in [6.07, 6.45) is 1.82. The van der Waals surface area contributed by atoms with Gasteiger partial charge in [-0.25, -0.2) is 0 Å². The van der Waals surface area contributed by atoms with Crippen molar-refractivity contribution in [2.24, 2.45) is 7.05 Å². The molecule has 4 aromatic heterocycles. The van der Waals surface area contributed by atoms with Gasteiger partial charge in [-0.3, -0.25) is 0 Å². The Kier molecular flexibility index (Phi) is 6.27. The number of hydrogen-bond acceptors (Lipinski definition) is 2. The van der Waals surface area contributed by atoms with Gasteiger partial charge in [0.05, 0.1) is 0 Å². The molecule has 0 bridgehead atoms. The van der Waals surface area contributed by atoms with Gasteiger partial charge >= 0.3 is 263 Å². The fraction of sp³-hybridized carbons (Fsp3) is 0.0233. The average molecular weight is 810 g/mol. The number of ether oxygens (including phenoxy) is 1. The first kappa shape index (κ1) is 28.3. The van der Waals surface area contributed by atoms with Crippen LogP contribution in [-0.2, 0) is 26.4 Å². The Hall–Kier alpha value is -5.77. The van der Waals surface area contributed by atoms with E-state index >= 15 is 0 Å². The van der Waals surface area contributed by atoms with Crippen molar-refractivity contribution >= 4 is 70.7 Å². The fourth-order valence-electron chi connectivity index (χ4n) is 7.38. The molecule has 4 heterocycles. The van der Waals surface area contributed by atoms with Gasteiger partial charge in [-0.1, -0.05) is 18.2 Å². The standard InChI is InChI=1S/C43H26N4O.Pt/c1-45-27-46-40-25-28(48-29-21-23-36-34-15-6-7-17-38(34)47(41(36)26-29)42-19-8-9-24-44-42)20-22-35(40)32-13-4-2-11-30(32)31-12-3-5-14-33(31)37-16-10-18-39(45)43(37)46;/h2-24H,1H3;/q-2;. The zero-order chi connectivity index (χ0) is 32.6. The summed E-state index contributed by atoms with van der Waals surface area (Å²) in [5, 5.41) is 9.24. The molecule has 6 heteroatoms. The number of nitrogens with zero attached hydrogens (tertiary/aromatic N) is 4. The SMILES string of the molecule is Cn1[c](=[Pt])n2c3[c-]c(Oc4[c-]c5c(cc4)c4ccccc4n5-c4ccccn4)ccc3c3ccccc3c3ccccc3c3cccc1c32. The Morgan fingerprint density at radius 1 is 0.531 bits per heavy atom. The minimum atomic E-state index is 0.609. The van der Waals surface area contributed by atoms with E-state index in [1.807, 2.05) is 36.5 Å². The maximum atomic E-state index is 6.66. The second-order valence-electron chi connectivity index (χ2n) is 12.2. The van der Waals surface area contributed by atoms with Crippen molar-refractivity contribution in [3.05, 3.63) is 156 Å². The molecule has 10 rings (SSSR count). The quantitative estimate of drug-likeness (QED) is 0.167. The molecule has 0 unspecified atom stereocenters. The van der Waals surface area contributed by atoms with Crippen molar-refractivity contribution in [2.45, 2.75) is 0 Å². The first-order chi connectivity index (χ1) is 24.2. The molecule has 5 nitrogen and oxygen atoms in total. The Labute approximate surface area is 291 Å². The van der Waals surface area contributed by atoms with Gasteiger partial charge in [-0.2, -0.15) is 0 Å². The van der Waals surface area contributed by atoms with Gasteiger partial charge in [0.25, 0.3) is 0 Å². The first-order valence-corrected chi connectivity index (χ1v) is 17.3. The van der Waals surface area contributed by atoms with Crippen molar-refractivity contribution in [2.75, 3.05) is 0 Å². The van der Waals surface area contributed by atoms with E-state index in [4.69, 9.17) is 4.74 Å². The molecule has 0 spiro atoms. The van der Waals surface area contributed by atoms with Crippen LogP contribution in [0, 0.1) is 15.9 Å². The van der Waals surface area contributed by atoms with Gasteiger partial charge in [0.2, 0.25) is 0 Å². The minimum absolute atomic E-state index is 0.609. The molecule has 0 atom stereocenters. The molecule has 236 valence electrons. The van der Waals surface area contributed by atoms with Gasteiger partial charge in [0, 0.05) is 6.20 Å². The van der Waals surface area contributed by atoms with Crippen molar-refractivity contribution in [3.8, 4) is 17.3 Å². The summed E-state index contributed by atoms with van der Waals surface area (Å²) in [5.41, 5.74) is 5.21. The van der Waals surface area contributed by atoms with E-state index in [-0.39, 0.29) is 0 Å². The summed E-state index contributed by atoms with van der Waals surface area (Å²) in [4.78, 5) is 4.68. The average Bonchev–Trinajstić information content (AvgIpc) is 3.63. The van der Waals surface area contributed by atoms with Gasteiger partial charge in [-0.05, 0) is 6.07 Å². The van der Waals surface area contributed by atoms with Gasteiger partial charge in [0.15, 0.2) is 0 Å². The molecule has 0 amide bonds. The molecule has 0 aliphatic heterocycles. The molecule has 0 saturated heterocycles. The molecule has 10 aromatic rings. The van der Waals surface area contributed by atoms with E-state index in [9.17, 15) is 0 Å². The molecule has 0 aliphatic carbocycles. The molecule has 6 aromatic carbocycles. The summed E-state index contributed by atoms with van der Waals surface area (Å²) in [6.45, 7) is 0. The Morgan fingerprint density at radius 2 is 1.08 bits per heavy atom. The predicted molar refractivity (Wildman–Crippen MR) is 195 cm³/mol. The summed E-state index contributed by atoms with van der Waals surface area (Å²) in [7, 11) is 2.13. The van der Waals surface area contributed by atoms with Crippen LogP contribution in [0.2, 0.25) is 0 Å². The zero-order valence-corrected chi connectivity index (χ0v) is 28.6. The number of pyridine rings is 1. The summed E-state index contributed by atoms with van der Waals surface area (Å²) < 4.78 is 14.5. The third kappa shape index (κ3) is 4.22. The number of fused-ring (bicyclic) bond motifs is 10. The Bertz CT molecular complexity index is 3060. The molecule has 0 aliphatic rings. The normalized spacial score (nSPS) is 11.9. The maximum absolute atomic E-state index is 6.66. The van der Waals surface area contributed by atoms with E-state index in [0.29, 0.717) is 11.5 Å². The van der Waals surface area contributed by atoms with Crippen LogP contribution in [0.15, 0.2) is 140 Å². The topological polar surface area (TPSA) is 36.4 Å². The van der Waals surface area contributed by atoms with Crippen LogP contribution < -0.4 is 4.74 Å². The molecule has 0 radical (unpaired) electrons. The van der Waals surface area contributed by atoms with Crippen LogP contribution >= 0.6 is 0 Å². The predicted octanol–water partition coefficient (Wildman–Crippen LogP) is 10.4. The number of benzene rings is 6. The van der Waals surface area contributed by atoms with E-state index in [2.05, 4.69) is 160 Å². The first-order valence-electron chi connectivity index (χ1n) is 16.1. The monoisotopic (exact) mass is 809 g/mol. The molecule has 0 fully saturated rings. The van der Waals surface area contributed by atoms with Crippen LogP contribution in [0.25, 0.3) is 76.5 Å². The second kappa shape index (κ2) is 10.9. The van der Waals surface area contributed by atoms with Crippen molar-refractivity contribution in [3.63, 3.8) is 0 Å². The van der Waals surface area contributed by atoms with Crippen molar-refractivity contribution in [1.29, 1.82) is 0 Å². The third-order valence-electron chi connectivity index (χ3n) is 9.53. The van der Waals surface area contributed by atoms with E-state index in [0.717, 1.165) is 58.8 Å². The summed E-state index contributed by atoms with van der Waals surface area (Å²) in [5.74, 6) is 2.06. The molecule has 0 N–H and O–H groups in total. The number of hydrogen-bond donors (Lipinski definition) is 0. The summed E-state index contributed by atoms with van der Waals surface area (Å²) in [6, 6.07) is 53.9. The number of rotatable bonds is 3. The van der Waals surface area contributed by atoms with Crippen LogP contribution in [0.1, 0.15) is 0 Å². The van der Waals surface area contributed by atoms with Crippen molar-refractivity contribution < 1.29 is 24.1 Å². The number of aryl methyl sites for hydroxylation is 1. The summed E-state index contributed by atoms with van der Waals surface area (Å²) >= 11 is 2.44. The van der Waals surface area contributed by atoms with Gasteiger partial charge in [0.1, 0.15) is 0 Å². The Morgan fingerprint density at radius 3 is 1.78 bits per heavy atom. The Balaban J connectivity index is 1.27. The van der Waals surface area contributed by atoms with Crippen LogP contribution in [0.5, 0.6) is 11.5 Å². The zero-order valence-electron chi connectivity index (χ0n) is 26.3. The number of imidazole rings is 1.